The van der Waals surface area contributed by atoms with E-state index in [0.29, 0.717) is 0 Å². The number of nitrogens with one attached hydrogen (secondary N) is 1. The fraction of sp³-hybridized carbons (Fsp3) is 1.00. The Bertz CT molecular complexity index is 199. The predicted molar refractivity (Wildman–Crippen MR) is 85.4 cm³/mol. The molecule has 18 heavy (non-hydrogen) atoms. The highest BCUT2D eigenvalue weighted by molar-refractivity contribution is 7.98. The molecule has 0 aliphatic heterocycles. The fourth-order valence-corrected chi connectivity index (χ4v) is 4.20. The van der Waals surface area contributed by atoms with Crippen LogP contribution < -0.4 is 5.32 Å². The molecule has 108 valence electrons. The lowest BCUT2D eigenvalue weighted by molar-refractivity contribution is 0.189. The lowest BCUT2D eigenvalue weighted by Crippen LogP contribution is -2.44. The van der Waals surface area contributed by atoms with Gasteiger partial charge in [0.25, 0.3) is 0 Å². The first-order valence-electron chi connectivity index (χ1n) is 7.95. The monoisotopic (exact) mass is 271 g/mol. The first-order chi connectivity index (χ1) is 8.72. The van der Waals surface area contributed by atoms with E-state index in [1.807, 2.05) is 11.8 Å². The van der Waals surface area contributed by atoms with Gasteiger partial charge < -0.3 is 5.32 Å². The van der Waals surface area contributed by atoms with Crippen LogP contribution in [0.1, 0.15) is 59.3 Å². The van der Waals surface area contributed by atoms with Crippen molar-refractivity contribution < 1.29 is 0 Å². The zero-order valence-corrected chi connectivity index (χ0v) is 13.7. The van der Waals surface area contributed by atoms with E-state index in [-0.39, 0.29) is 0 Å². The fourth-order valence-electron chi connectivity index (χ4n) is 3.47. The maximum Gasteiger partial charge on any atom is 0.0129 e. The quantitative estimate of drug-likeness (QED) is 0.694. The highest BCUT2D eigenvalue weighted by Crippen LogP contribution is 2.34. The topological polar surface area (TPSA) is 12.0 Å². The second-order valence-corrected chi connectivity index (χ2v) is 7.01. The van der Waals surface area contributed by atoms with Gasteiger partial charge >= 0.3 is 0 Å². The molecular weight excluding hydrogens is 238 g/mol. The van der Waals surface area contributed by atoms with Crippen molar-refractivity contribution in [1.29, 1.82) is 0 Å². The highest BCUT2D eigenvalue weighted by Gasteiger charge is 2.29. The van der Waals surface area contributed by atoms with Crippen LogP contribution in [-0.2, 0) is 0 Å². The van der Waals surface area contributed by atoms with Crippen molar-refractivity contribution in [3.8, 4) is 0 Å². The Hall–Kier alpha value is 0.310. The molecule has 2 unspecified atom stereocenters. The summed E-state index contributed by atoms with van der Waals surface area (Å²) in [5.74, 6) is 4.06. The number of hydrogen-bond donors (Lipinski definition) is 1. The molecule has 1 N–H and O–H groups in total. The van der Waals surface area contributed by atoms with E-state index in [0.717, 1.165) is 23.8 Å². The van der Waals surface area contributed by atoms with Gasteiger partial charge in [-0.15, -0.1) is 0 Å². The summed E-state index contributed by atoms with van der Waals surface area (Å²) in [5, 5.41) is 3.84. The van der Waals surface area contributed by atoms with Gasteiger partial charge in [0, 0.05) is 6.04 Å². The van der Waals surface area contributed by atoms with E-state index < -0.39 is 0 Å². The van der Waals surface area contributed by atoms with Gasteiger partial charge in [0.15, 0.2) is 0 Å². The summed E-state index contributed by atoms with van der Waals surface area (Å²) in [5.41, 5.74) is 0. The number of thioether (sulfide) groups is 1. The summed E-state index contributed by atoms with van der Waals surface area (Å²) >= 11 is 2.00. The summed E-state index contributed by atoms with van der Waals surface area (Å²) < 4.78 is 0. The lowest BCUT2D eigenvalue weighted by Gasteiger charge is -2.37. The van der Waals surface area contributed by atoms with Crippen molar-refractivity contribution in [2.75, 3.05) is 18.6 Å². The normalized spacial score (nSPS) is 28.0. The van der Waals surface area contributed by atoms with Gasteiger partial charge in [-0.25, -0.2) is 0 Å². The average molecular weight is 272 g/mol. The van der Waals surface area contributed by atoms with E-state index in [1.165, 1.54) is 50.8 Å². The zero-order chi connectivity index (χ0) is 13.4. The molecular formula is C16H33NS. The van der Waals surface area contributed by atoms with Crippen LogP contribution in [0, 0.1) is 17.8 Å². The van der Waals surface area contributed by atoms with Gasteiger partial charge in [-0.1, -0.05) is 40.0 Å². The van der Waals surface area contributed by atoms with Crippen LogP contribution in [0.2, 0.25) is 0 Å². The van der Waals surface area contributed by atoms with E-state index in [4.69, 9.17) is 0 Å². The molecule has 0 aromatic carbocycles. The molecule has 0 bridgehead atoms. The molecule has 2 atom stereocenters. The standard InChI is InChI=1S/C16H33NS/c1-5-11-17-16(13(3)12-18-4)15-9-7-14(6-2)8-10-15/h13-17H,5-12H2,1-4H3. The molecule has 2 heteroatoms. The molecule has 0 saturated heterocycles. The molecule has 0 aromatic heterocycles. The highest BCUT2D eigenvalue weighted by atomic mass is 32.2. The third-order valence-electron chi connectivity index (χ3n) is 4.65. The van der Waals surface area contributed by atoms with E-state index in [2.05, 4.69) is 32.3 Å². The first-order valence-corrected chi connectivity index (χ1v) is 9.34. The third kappa shape index (κ3) is 5.13. The molecule has 1 nitrogen and oxygen atoms in total. The minimum Gasteiger partial charge on any atom is -0.313 e. The molecule has 0 amide bonds. The summed E-state index contributed by atoms with van der Waals surface area (Å²) in [6.07, 6.45) is 10.7. The third-order valence-corrected chi connectivity index (χ3v) is 5.51. The lowest BCUT2D eigenvalue weighted by atomic mass is 9.75. The van der Waals surface area contributed by atoms with E-state index in [9.17, 15) is 0 Å². The SMILES string of the molecule is CCCNC(C(C)CSC)C1CCC(CC)CC1. The van der Waals surface area contributed by atoms with Gasteiger partial charge in [0.1, 0.15) is 0 Å². The average Bonchev–Trinajstić information content (AvgIpc) is 2.40. The Morgan fingerprint density at radius 1 is 1.17 bits per heavy atom. The second kappa shape index (κ2) is 9.25. The van der Waals surface area contributed by atoms with Gasteiger partial charge in [-0.2, -0.15) is 11.8 Å². The minimum absolute atomic E-state index is 0.759. The molecule has 0 radical (unpaired) electrons. The molecule has 0 heterocycles. The largest absolute Gasteiger partial charge is 0.313 e. The molecule has 0 aromatic rings. The molecule has 0 spiro atoms. The van der Waals surface area contributed by atoms with Gasteiger partial charge in [0.05, 0.1) is 0 Å². The zero-order valence-electron chi connectivity index (χ0n) is 12.9. The number of hydrogen-bond acceptors (Lipinski definition) is 2. The Morgan fingerprint density at radius 3 is 2.33 bits per heavy atom. The van der Waals surface area contributed by atoms with Gasteiger partial charge in [-0.05, 0) is 55.6 Å². The van der Waals surface area contributed by atoms with Crippen LogP contribution >= 0.6 is 11.8 Å². The Labute approximate surface area is 119 Å². The van der Waals surface area contributed by atoms with Crippen molar-refractivity contribution >= 4 is 11.8 Å². The van der Waals surface area contributed by atoms with Crippen molar-refractivity contribution in [3.05, 3.63) is 0 Å². The van der Waals surface area contributed by atoms with Crippen molar-refractivity contribution in [1.82, 2.24) is 5.32 Å². The first kappa shape index (κ1) is 16.4. The van der Waals surface area contributed by atoms with E-state index >= 15 is 0 Å². The molecule has 1 saturated carbocycles. The van der Waals surface area contributed by atoms with Gasteiger partial charge in [-0.3, -0.25) is 0 Å². The van der Waals surface area contributed by atoms with Crippen molar-refractivity contribution in [2.24, 2.45) is 17.8 Å². The van der Waals surface area contributed by atoms with Crippen molar-refractivity contribution in [2.45, 2.75) is 65.3 Å². The van der Waals surface area contributed by atoms with Crippen LogP contribution in [0.5, 0.6) is 0 Å². The Balaban J connectivity index is 2.48. The minimum atomic E-state index is 0.759. The smallest absolute Gasteiger partial charge is 0.0129 e. The molecule has 1 fully saturated rings. The van der Waals surface area contributed by atoms with Crippen LogP contribution in [0.25, 0.3) is 0 Å². The number of rotatable bonds is 8. The van der Waals surface area contributed by atoms with Crippen LogP contribution in [0.15, 0.2) is 0 Å². The van der Waals surface area contributed by atoms with Crippen LogP contribution in [-0.4, -0.2) is 24.6 Å². The molecule has 1 aliphatic carbocycles. The van der Waals surface area contributed by atoms with Crippen molar-refractivity contribution in [3.63, 3.8) is 0 Å². The molecule has 1 rings (SSSR count). The maximum atomic E-state index is 3.84. The summed E-state index contributed by atoms with van der Waals surface area (Å²) in [6.45, 7) is 8.26. The Kier molecular flexibility index (Phi) is 8.41. The second-order valence-electron chi connectivity index (χ2n) is 6.10. The summed E-state index contributed by atoms with van der Waals surface area (Å²) in [4.78, 5) is 0. The molecule has 1 aliphatic rings. The Morgan fingerprint density at radius 2 is 1.83 bits per heavy atom. The van der Waals surface area contributed by atoms with Crippen LogP contribution in [0.3, 0.4) is 0 Å². The van der Waals surface area contributed by atoms with Crippen LogP contribution in [0.4, 0.5) is 0 Å². The predicted octanol–water partition coefficient (Wildman–Crippen LogP) is 4.57. The maximum absolute atomic E-state index is 3.84. The summed E-state index contributed by atoms with van der Waals surface area (Å²) in [7, 11) is 0. The van der Waals surface area contributed by atoms with E-state index in [1.54, 1.807) is 0 Å². The summed E-state index contributed by atoms with van der Waals surface area (Å²) in [6, 6.07) is 0.759. The van der Waals surface area contributed by atoms with Gasteiger partial charge in [0.2, 0.25) is 0 Å².